The van der Waals surface area contributed by atoms with Gasteiger partial charge in [0.2, 0.25) is 0 Å². The highest BCUT2D eigenvalue weighted by molar-refractivity contribution is 9.10. The maximum atomic E-state index is 11.7. The fraction of sp³-hybridized carbons (Fsp3) is 0.500. The molecule has 22 heavy (non-hydrogen) atoms. The van der Waals surface area contributed by atoms with Gasteiger partial charge in [0.25, 0.3) is 5.91 Å². The number of esters is 1. The summed E-state index contributed by atoms with van der Waals surface area (Å²) in [6, 6.07) is 4.06. The third-order valence-corrected chi connectivity index (χ3v) is 4.86. The Morgan fingerprint density at radius 1 is 1.27 bits per heavy atom. The lowest BCUT2D eigenvalue weighted by molar-refractivity contribution is -0.145. The van der Waals surface area contributed by atoms with E-state index in [4.69, 9.17) is 4.74 Å². The molecule has 1 aromatic carbocycles. The maximum Gasteiger partial charge on any atom is 0.316 e. The Hall–Kier alpha value is -1.01. The summed E-state index contributed by atoms with van der Waals surface area (Å²) >= 11 is 4.90. The van der Waals surface area contributed by atoms with Gasteiger partial charge in [0.15, 0.2) is 6.61 Å². The van der Waals surface area contributed by atoms with Crippen molar-refractivity contribution < 1.29 is 14.3 Å². The van der Waals surface area contributed by atoms with Gasteiger partial charge >= 0.3 is 5.97 Å². The highest BCUT2D eigenvalue weighted by atomic mass is 79.9. The largest absolute Gasteiger partial charge is 0.455 e. The van der Waals surface area contributed by atoms with Crippen LogP contribution < -0.4 is 5.32 Å². The van der Waals surface area contributed by atoms with Crippen LogP contribution in [-0.2, 0) is 14.3 Å². The Bertz CT molecular complexity index is 546. The molecule has 1 aromatic rings. The summed E-state index contributed by atoms with van der Waals surface area (Å²) < 4.78 is 6.03. The summed E-state index contributed by atoms with van der Waals surface area (Å²) in [4.78, 5) is 24.2. The average Bonchev–Trinajstić information content (AvgIpc) is 2.45. The molecule has 0 heterocycles. The molecule has 0 atom stereocenters. The molecule has 0 spiro atoms. The second-order valence-electron chi connectivity index (χ2n) is 5.51. The van der Waals surface area contributed by atoms with E-state index in [0.29, 0.717) is 12.5 Å². The second-order valence-corrected chi connectivity index (χ2v) is 7.39. The minimum absolute atomic E-state index is 0.194. The van der Waals surface area contributed by atoms with Gasteiger partial charge in [0.1, 0.15) is 0 Å². The molecule has 0 aliphatic rings. The van der Waals surface area contributed by atoms with Crippen LogP contribution in [0.1, 0.15) is 25.0 Å². The summed E-state index contributed by atoms with van der Waals surface area (Å²) in [5, 5.41) is 2.71. The Kier molecular flexibility index (Phi) is 7.96. The SMILES string of the molecule is Cc1cc(SCC(=O)OCC(=O)NCC(C)C)c(C)cc1Br. The number of carbonyl (C=O) groups excluding carboxylic acids is 2. The molecule has 0 bridgehead atoms. The van der Waals surface area contributed by atoms with Crippen molar-refractivity contribution >= 4 is 39.6 Å². The number of halogens is 1. The number of ether oxygens (including phenoxy) is 1. The number of amides is 1. The highest BCUT2D eigenvalue weighted by Crippen LogP contribution is 2.28. The monoisotopic (exact) mass is 387 g/mol. The first-order chi connectivity index (χ1) is 10.3. The minimum Gasteiger partial charge on any atom is -0.455 e. The number of aryl methyl sites for hydroxylation is 2. The van der Waals surface area contributed by atoms with E-state index < -0.39 is 0 Å². The molecule has 0 aliphatic carbocycles. The zero-order chi connectivity index (χ0) is 16.7. The van der Waals surface area contributed by atoms with Crippen LogP contribution >= 0.6 is 27.7 Å². The smallest absolute Gasteiger partial charge is 0.316 e. The molecular weight excluding hydrogens is 366 g/mol. The number of thioether (sulfide) groups is 1. The molecule has 6 heteroatoms. The van der Waals surface area contributed by atoms with Gasteiger partial charge < -0.3 is 10.1 Å². The van der Waals surface area contributed by atoms with Crippen molar-refractivity contribution in [3.8, 4) is 0 Å². The van der Waals surface area contributed by atoms with Crippen LogP contribution in [0, 0.1) is 19.8 Å². The molecule has 0 aromatic heterocycles. The van der Waals surface area contributed by atoms with Crippen molar-refractivity contribution in [2.75, 3.05) is 18.9 Å². The van der Waals surface area contributed by atoms with Crippen LogP contribution in [0.4, 0.5) is 0 Å². The van der Waals surface area contributed by atoms with E-state index in [1.165, 1.54) is 11.8 Å². The van der Waals surface area contributed by atoms with E-state index in [9.17, 15) is 9.59 Å². The molecule has 1 rings (SSSR count). The standard InChI is InChI=1S/C16H22BrNO3S/c1-10(2)7-18-15(19)8-21-16(20)9-22-14-6-11(3)13(17)5-12(14)4/h5-6,10H,7-9H2,1-4H3,(H,18,19). The van der Waals surface area contributed by atoms with Crippen LogP contribution in [0.15, 0.2) is 21.5 Å². The van der Waals surface area contributed by atoms with E-state index >= 15 is 0 Å². The lowest BCUT2D eigenvalue weighted by atomic mass is 10.2. The van der Waals surface area contributed by atoms with E-state index in [1.807, 2.05) is 39.8 Å². The van der Waals surface area contributed by atoms with Crippen molar-refractivity contribution in [1.82, 2.24) is 5.32 Å². The molecule has 4 nitrogen and oxygen atoms in total. The van der Waals surface area contributed by atoms with Gasteiger partial charge in [-0.15, -0.1) is 11.8 Å². The number of nitrogens with one attached hydrogen (secondary N) is 1. The van der Waals surface area contributed by atoms with Crippen LogP contribution in [0.5, 0.6) is 0 Å². The lowest BCUT2D eigenvalue weighted by Gasteiger charge is -2.10. The van der Waals surface area contributed by atoms with E-state index in [2.05, 4.69) is 21.2 Å². The number of carbonyl (C=O) groups is 2. The molecule has 0 aliphatic heterocycles. The van der Waals surface area contributed by atoms with Gasteiger partial charge in [-0.25, -0.2) is 0 Å². The third kappa shape index (κ3) is 6.83. The number of hydrogen-bond acceptors (Lipinski definition) is 4. The normalized spacial score (nSPS) is 10.6. The zero-order valence-electron chi connectivity index (χ0n) is 13.4. The Morgan fingerprint density at radius 3 is 2.59 bits per heavy atom. The Labute approximate surface area is 144 Å². The molecule has 1 amide bonds. The molecule has 0 saturated heterocycles. The molecule has 0 fully saturated rings. The quantitative estimate of drug-likeness (QED) is 0.574. The Balaban J connectivity index is 2.37. The topological polar surface area (TPSA) is 55.4 Å². The van der Waals surface area contributed by atoms with Crippen molar-refractivity contribution in [2.45, 2.75) is 32.6 Å². The molecule has 0 radical (unpaired) electrons. The van der Waals surface area contributed by atoms with Crippen LogP contribution in [0.25, 0.3) is 0 Å². The van der Waals surface area contributed by atoms with E-state index in [1.54, 1.807) is 0 Å². The van der Waals surface area contributed by atoms with E-state index in [-0.39, 0.29) is 24.2 Å². The van der Waals surface area contributed by atoms with Crippen molar-refractivity contribution in [2.24, 2.45) is 5.92 Å². The number of rotatable bonds is 7. The zero-order valence-corrected chi connectivity index (χ0v) is 15.8. The van der Waals surface area contributed by atoms with Crippen LogP contribution in [0.3, 0.4) is 0 Å². The summed E-state index contributed by atoms with van der Waals surface area (Å²) in [7, 11) is 0. The van der Waals surface area contributed by atoms with Gasteiger partial charge in [0, 0.05) is 15.9 Å². The van der Waals surface area contributed by atoms with Gasteiger partial charge in [-0.1, -0.05) is 29.8 Å². The molecule has 0 unspecified atom stereocenters. The number of hydrogen-bond donors (Lipinski definition) is 1. The summed E-state index contributed by atoms with van der Waals surface area (Å²) in [5.41, 5.74) is 2.22. The van der Waals surface area contributed by atoms with Gasteiger partial charge in [-0.2, -0.15) is 0 Å². The number of benzene rings is 1. The van der Waals surface area contributed by atoms with Crippen LogP contribution in [-0.4, -0.2) is 30.8 Å². The van der Waals surface area contributed by atoms with Crippen molar-refractivity contribution in [3.05, 3.63) is 27.7 Å². The minimum atomic E-state index is -0.385. The first-order valence-corrected chi connectivity index (χ1v) is 8.89. The summed E-state index contributed by atoms with van der Waals surface area (Å²) in [6.07, 6.45) is 0. The fourth-order valence-electron chi connectivity index (χ4n) is 1.60. The lowest BCUT2D eigenvalue weighted by Crippen LogP contribution is -2.31. The molecule has 0 saturated carbocycles. The first kappa shape index (κ1) is 19.0. The summed E-state index contributed by atoms with van der Waals surface area (Å²) in [5.74, 6) is -0.0782. The second kappa shape index (κ2) is 9.20. The average molecular weight is 388 g/mol. The van der Waals surface area contributed by atoms with Crippen molar-refractivity contribution in [1.29, 1.82) is 0 Å². The summed E-state index contributed by atoms with van der Waals surface area (Å²) in [6.45, 7) is 8.38. The predicted octanol–water partition coefficient (Wildman–Crippen LogP) is 3.47. The molecular formula is C16H22BrNO3S. The van der Waals surface area contributed by atoms with E-state index in [0.717, 1.165) is 20.5 Å². The maximum absolute atomic E-state index is 11.7. The van der Waals surface area contributed by atoms with Gasteiger partial charge in [-0.3, -0.25) is 9.59 Å². The molecule has 1 N–H and O–H groups in total. The predicted molar refractivity (Wildman–Crippen MR) is 93.1 cm³/mol. The van der Waals surface area contributed by atoms with Gasteiger partial charge in [0.05, 0.1) is 5.75 Å². The third-order valence-electron chi connectivity index (χ3n) is 2.87. The van der Waals surface area contributed by atoms with Crippen LogP contribution in [0.2, 0.25) is 0 Å². The van der Waals surface area contributed by atoms with Gasteiger partial charge in [-0.05, 0) is 43.0 Å². The Morgan fingerprint density at radius 2 is 1.95 bits per heavy atom. The first-order valence-electron chi connectivity index (χ1n) is 7.11. The fourth-order valence-corrected chi connectivity index (χ4v) is 2.96. The highest BCUT2D eigenvalue weighted by Gasteiger charge is 2.10. The molecule has 122 valence electrons. The van der Waals surface area contributed by atoms with Crippen molar-refractivity contribution in [3.63, 3.8) is 0 Å².